The van der Waals surface area contributed by atoms with Crippen molar-refractivity contribution in [2.24, 2.45) is 5.92 Å². The van der Waals surface area contributed by atoms with Crippen LogP contribution in [0.4, 0.5) is 10.1 Å². The van der Waals surface area contributed by atoms with Gasteiger partial charge in [-0.3, -0.25) is 10.1 Å². The predicted molar refractivity (Wildman–Crippen MR) is 72.8 cm³/mol. The number of nitro groups is 1. The van der Waals surface area contributed by atoms with Crippen molar-refractivity contribution in [3.8, 4) is 0 Å². The van der Waals surface area contributed by atoms with E-state index in [0.717, 1.165) is 25.3 Å². The van der Waals surface area contributed by atoms with E-state index in [1.54, 1.807) is 0 Å². The number of nitro benzene ring substituents is 1. The minimum absolute atomic E-state index is 0.0237. The van der Waals surface area contributed by atoms with Crippen LogP contribution < -0.4 is 0 Å². The zero-order valence-corrected chi connectivity index (χ0v) is 12.3. The molecule has 2 fully saturated rings. The van der Waals surface area contributed by atoms with Crippen LogP contribution in [-0.4, -0.2) is 30.2 Å². The fraction of sp³-hybridized carbons (Fsp3) is 0.538. The summed E-state index contributed by atoms with van der Waals surface area (Å²) in [5.74, 6) is -0.608. The van der Waals surface area contributed by atoms with Gasteiger partial charge < -0.3 is 0 Å². The van der Waals surface area contributed by atoms with Crippen molar-refractivity contribution < 1.29 is 17.7 Å². The zero-order chi connectivity index (χ0) is 15.4. The molecule has 2 unspecified atom stereocenters. The number of aryl methyl sites for hydroxylation is 1. The highest BCUT2D eigenvalue weighted by Gasteiger charge is 2.44. The van der Waals surface area contributed by atoms with Crippen molar-refractivity contribution >= 4 is 15.7 Å². The number of nitrogens with zero attached hydrogens (tertiary/aromatic N) is 2. The van der Waals surface area contributed by atoms with Crippen LogP contribution >= 0.6 is 0 Å². The molecule has 2 bridgehead atoms. The standard InChI is InChI=1S/C13H15FN2O4S/c1-8-4-11(6-12(13(8)14)16(17)18)21(19,20)15-7-9-2-3-10(15)5-9/h4,6,9-10H,2-3,5,7H2,1H3. The van der Waals surface area contributed by atoms with Gasteiger partial charge in [-0.15, -0.1) is 0 Å². The number of fused-ring (bicyclic) bond motifs is 2. The van der Waals surface area contributed by atoms with Gasteiger partial charge in [0.2, 0.25) is 15.8 Å². The molecule has 114 valence electrons. The Kier molecular flexibility index (Phi) is 3.25. The van der Waals surface area contributed by atoms with Crippen molar-refractivity contribution in [1.82, 2.24) is 4.31 Å². The third kappa shape index (κ3) is 2.22. The second-order valence-electron chi connectivity index (χ2n) is 5.74. The van der Waals surface area contributed by atoms with Crippen LogP contribution in [0, 0.1) is 28.8 Å². The minimum Gasteiger partial charge on any atom is -0.258 e. The smallest absolute Gasteiger partial charge is 0.258 e. The summed E-state index contributed by atoms with van der Waals surface area (Å²) in [5, 5.41) is 10.9. The first-order valence-corrected chi connectivity index (χ1v) is 8.21. The van der Waals surface area contributed by atoms with Crippen LogP contribution in [0.15, 0.2) is 17.0 Å². The number of piperidine rings is 1. The quantitative estimate of drug-likeness (QED) is 0.633. The number of hydrogen-bond donors (Lipinski definition) is 0. The topological polar surface area (TPSA) is 80.5 Å². The van der Waals surface area contributed by atoms with Gasteiger partial charge in [0.05, 0.1) is 9.82 Å². The average Bonchev–Trinajstić information content (AvgIpc) is 3.03. The molecule has 8 heteroatoms. The van der Waals surface area contributed by atoms with Crippen LogP contribution in [0.5, 0.6) is 0 Å². The van der Waals surface area contributed by atoms with E-state index in [-0.39, 0.29) is 16.5 Å². The highest BCUT2D eigenvalue weighted by Crippen LogP contribution is 2.41. The monoisotopic (exact) mass is 314 g/mol. The normalized spacial score (nSPS) is 25.4. The molecule has 1 aliphatic heterocycles. The molecule has 0 spiro atoms. The lowest BCUT2D eigenvalue weighted by atomic mass is 10.1. The van der Waals surface area contributed by atoms with Gasteiger partial charge in [0, 0.05) is 18.7 Å². The first-order valence-electron chi connectivity index (χ1n) is 6.77. The summed E-state index contributed by atoms with van der Waals surface area (Å²) in [6.45, 7) is 1.79. The fourth-order valence-corrected chi connectivity index (χ4v) is 5.16. The van der Waals surface area contributed by atoms with Gasteiger partial charge in [-0.05, 0) is 43.7 Å². The van der Waals surface area contributed by atoms with E-state index in [2.05, 4.69) is 0 Å². The molecule has 1 saturated heterocycles. The molecule has 1 aromatic rings. The Bertz CT molecular complexity index is 719. The van der Waals surface area contributed by atoms with E-state index in [0.29, 0.717) is 12.5 Å². The predicted octanol–water partition coefficient (Wildman–Crippen LogP) is 2.22. The van der Waals surface area contributed by atoms with Crippen molar-refractivity contribution in [3.63, 3.8) is 0 Å². The lowest BCUT2D eigenvalue weighted by molar-refractivity contribution is -0.387. The zero-order valence-electron chi connectivity index (χ0n) is 11.5. The Morgan fingerprint density at radius 2 is 2.10 bits per heavy atom. The summed E-state index contributed by atoms with van der Waals surface area (Å²) in [6.07, 6.45) is 2.70. The molecule has 1 heterocycles. The Labute approximate surface area is 121 Å². The van der Waals surface area contributed by atoms with E-state index in [1.165, 1.54) is 17.3 Å². The Hall–Kier alpha value is -1.54. The van der Waals surface area contributed by atoms with Gasteiger partial charge in [0.25, 0.3) is 0 Å². The van der Waals surface area contributed by atoms with Crippen molar-refractivity contribution in [2.45, 2.75) is 37.1 Å². The van der Waals surface area contributed by atoms with Crippen molar-refractivity contribution in [2.75, 3.05) is 6.54 Å². The van der Waals surface area contributed by atoms with E-state index >= 15 is 0 Å². The second-order valence-corrected chi connectivity index (χ2v) is 7.63. The number of sulfonamides is 1. The number of halogens is 1. The van der Waals surface area contributed by atoms with Crippen LogP contribution in [-0.2, 0) is 10.0 Å². The van der Waals surface area contributed by atoms with Crippen LogP contribution in [0.1, 0.15) is 24.8 Å². The average molecular weight is 314 g/mol. The minimum atomic E-state index is -3.80. The van der Waals surface area contributed by atoms with Crippen LogP contribution in [0.25, 0.3) is 0 Å². The molecular formula is C13H15FN2O4S. The molecule has 1 saturated carbocycles. The molecule has 0 radical (unpaired) electrons. The summed E-state index contributed by atoms with van der Waals surface area (Å²) in [7, 11) is -3.80. The Balaban J connectivity index is 2.05. The molecular weight excluding hydrogens is 299 g/mol. The van der Waals surface area contributed by atoms with E-state index in [4.69, 9.17) is 0 Å². The lowest BCUT2D eigenvalue weighted by Gasteiger charge is -2.26. The highest BCUT2D eigenvalue weighted by atomic mass is 32.2. The molecule has 2 aliphatic rings. The van der Waals surface area contributed by atoms with Crippen LogP contribution in [0.2, 0.25) is 0 Å². The van der Waals surface area contributed by atoms with Gasteiger partial charge in [-0.2, -0.15) is 8.70 Å². The number of rotatable bonds is 3. The molecule has 0 aromatic heterocycles. The van der Waals surface area contributed by atoms with Gasteiger partial charge in [0.15, 0.2) is 0 Å². The maximum Gasteiger partial charge on any atom is 0.306 e. The molecule has 1 aromatic carbocycles. The lowest BCUT2D eigenvalue weighted by Crippen LogP contribution is -2.37. The largest absolute Gasteiger partial charge is 0.306 e. The molecule has 0 N–H and O–H groups in total. The molecule has 3 rings (SSSR count). The fourth-order valence-electron chi connectivity index (χ4n) is 3.31. The first-order chi connectivity index (χ1) is 9.80. The first kappa shape index (κ1) is 14.4. The molecule has 21 heavy (non-hydrogen) atoms. The summed E-state index contributed by atoms with van der Waals surface area (Å²) in [6, 6.07) is 1.97. The van der Waals surface area contributed by atoms with E-state index in [1.807, 2.05) is 0 Å². The maximum absolute atomic E-state index is 13.7. The summed E-state index contributed by atoms with van der Waals surface area (Å²) < 4.78 is 40.4. The Morgan fingerprint density at radius 1 is 1.38 bits per heavy atom. The van der Waals surface area contributed by atoms with Gasteiger partial charge in [-0.25, -0.2) is 8.42 Å². The van der Waals surface area contributed by atoms with E-state index in [9.17, 15) is 22.9 Å². The summed E-state index contributed by atoms with van der Waals surface area (Å²) in [4.78, 5) is 9.77. The number of hydrogen-bond acceptors (Lipinski definition) is 4. The van der Waals surface area contributed by atoms with Crippen molar-refractivity contribution in [3.05, 3.63) is 33.6 Å². The third-order valence-corrected chi connectivity index (χ3v) is 6.27. The second kappa shape index (κ2) is 4.74. The molecule has 1 aliphatic carbocycles. The van der Waals surface area contributed by atoms with Gasteiger partial charge in [0.1, 0.15) is 0 Å². The van der Waals surface area contributed by atoms with Gasteiger partial charge in [-0.1, -0.05) is 0 Å². The molecule has 0 amide bonds. The Morgan fingerprint density at radius 3 is 2.62 bits per heavy atom. The summed E-state index contributed by atoms with van der Waals surface area (Å²) in [5.41, 5.74) is -0.829. The van der Waals surface area contributed by atoms with Crippen molar-refractivity contribution in [1.29, 1.82) is 0 Å². The van der Waals surface area contributed by atoms with E-state index < -0.39 is 26.5 Å². The van der Waals surface area contributed by atoms with Crippen LogP contribution in [0.3, 0.4) is 0 Å². The molecule has 6 nitrogen and oxygen atoms in total. The highest BCUT2D eigenvalue weighted by molar-refractivity contribution is 7.89. The SMILES string of the molecule is Cc1cc(S(=O)(=O)N2CC3CCC2C3)cc([N+](=O)[O-])c1F. The maximum atomic E-state index is 13.7. The third-order valence-electron chi connectivity index (χ3n) is 4.37. The van der Waals surface area contributed by atoms with Gasteiger partial charge >= 0.3 is 5.69 Å². The number of benzene rings is 1. The molecule has 2 atom stereocenters. The summed E-state index contributed by atoms with van der Waals surface area (Å²) >= 11 is 0.